The van der Waals surface area contributed by atoms with Gasteiger partial charge in [-0.05, 0) is 58.5 Å². The van der Waals surface area contributed by atoms with E-state index in [1.807, 2.05) is 59.3 Å². The molecule has 0 fully saturated rings. The molecule has 2 N–H and O–H groups in total. The maximum absolute atomic E-state index is 6.40. The Morgan fingerprint density at radius 3 is 2.57 bits per heavy atom. The van der Waals surface area contributed by atoms with Crippen molar-refractivity contribution in [2.24, 2.45) is 5.73 Å². The minimum Gasteiger partial charge on any atom is -0.319 e. The molecule has 0 saturated heterocycles. The molecule has 106 valence electrons. The largest absolute Gasteiger partial charge is 0.319 e. The summed E-state index contributed by atoms with van der Waals surface area (Å²) in [5, 5.41) is 5.09. The highest BCUT2D eigenvalue weighted by molar-refractivity contribution is 14.1. The van der Waals surface area contributed by atoms with Crippen LogP contribution in [-0.4, -0.2) is 9.78 Å². The van der Waals surface area contributed by atoms with Crippen molar-refractivity contribution in [1.82, 2.24) is 9.78 Å². The first kappa shape index (κ1) is 14.6. The van der Waals surface area contributed by atoms with Crippen LogP contribution in [0.25, 0.3) is 5.69 Å². The maximum Gasteiger partial charge on any atom is 0.0728 e. The van der Waals surface area contributed by atoms with Crippen LogP contribution in [0.2, 0.25) is 5.02 Å². The fraction of sp³-hybridized carbons (Fsp3) is 0.0625. The van der Waals surface area contributed by atoms with Gasteiger partial charge >= 0.3 is 0 Å². The van der Waals surface area contributed by atoms with Crippen molar-refractivity contribution >= 4 is 34.2 Å². The molecule has 0 aliphatic rings. The first-order valence-corrected chi connectivity index (χ1v) is 7.92. The van der Waals surface area contributed by atoms with Crippen molar-refractivity contribution in [3.05, 3.63) is 80.6 Å². The van der Waals surface area contributed by atoms with Gasteiger partial charge in [0.25, 0.3) is 0 Å². The van der Waals surface area contributed by atoms with Crippen molar-refractivity contribution in [2.75, 3.05) is 0 Å². The fourth-order valence-electron chi connectivity index (χ4n) is 2.21. The number of aromatic nitrogens is 2. The zero-order valence-electron chi connectivity index (χ0n) is 11.1. The van der Waals surface area contributed by atoms with Crippen LogP contribution < -0.4 is 5.73 Å². The molecule has 1 unspecified atom stereocenters. The van der Waals surface area contributed by atoms with E-state index in [0.717, 1.165) is 20.5 Å². The summed E-state index contributed by atoms with van der Waals surface area (Å²) in [6.07, 6.45) is 1.76. The Kier molecular flexibility index (Phi) is 4.28. The number of nitrogens with two attached hydrogens (primary N) is 1. The van der Waals surface area contributed by atoms with E-state index < -0.39 is 0 Å². The number of halogens is 2. The first-order chi connectivity index (χ1) is 10.2. The number of rotatable bonds is 3. The number of benzene rings is 2. The Bertz CT molecular complexity index is 755. The summed E-state index contributed by atoms with van der Waals surface area (Å²) in [5.41, 5.74) is 9.29. The average molecular weight is 410 g/mol. The van der Waals surface area contributed by atoms with Crippen molar-refractivity contribution in [1.29, 1.82) is 0 Å². The van der Waals surface area contributed by atoms with E-state index in [2.05, 4.69) is 27.7 Å². The molecule has 0 spiro atoms. The second-order valence-corrected chi connectivity index (χ2v) is 6.22. The molecule has 0 aliphatic heterocycles. The third-order valence-corrected chi connectivity index (χ3v) is 4.87. The van der Waals surface area contributed by atoms with Crippen molar-refractivity contribution in [3.63, 3.8) is 0 Å². The lowest BCUT2D eigenvalue weighted by atomic mass is 10.0. The highest BCUT2D eigenvalue weighted by Crippen LogP contribution is 2.26. The lowest BCUT2D eigenvalue weighted by Gasteiger charge is -2.15. The Hall–Kier alpha value is -1.37. The van der Waals surface area contributed by atoms with Gasteiger partial charge in [0.2, 0.25) is 0 Å². The minimum absolute atomic E-state index is 0.276. The van der Waals surface area contributed by atoms with Gasteiger partial charge in [0.15, 0.2) is 0 Å². The average Bonchev–Trinajstić information content (AvgIpc) is 2.99. The zero-order valence-corrected chi connectivity index (χ0v) is 14.0. The third-order valence-electron chi connectivity index (χ3n) is 3.29. The van der Waals surface area contributed by atoms with Crippen LogP contribution in [0.1, 0.15) is 17.3 Å². The summed E-state index contributed by atoms with van der Waals surface area (Å²) in [6, 6.07) is 17.5. The van der Waals surface area contributed by atoms with Crippen LogP contribution in [0, 0.1) is 3.57 Å². The predicted octanol–water partition coefficient (Wildman–Crippen LogP) is 4.18. The van der Waals surface area contributed by atoms with E-state index in [4.69, 9.17) is 17.3 Å². The highest BCUT2D eigenvalue weighted by Gasteiger charge is 2.15. The molecule has 1 atom stereocenters. The van der Waals surface area contributed by atoms with Gasteiger partial charge in [0, 0.05) is 9.77 Å². The zero-order chi connectivity index (χ0) is 14.8. The monoisotopic (exact) mass is 409 g/mol. The molecule has 0 bridgehead atoms. The summed E-state index contributed by atoms with van der Waals surface area (Å²) in [4.78, 5) is 0. The van der Waals surface area contributed by atoms with Crippen LogP contribution in [0.3, 0.4) is 0 Å². The lowest BCUT2D eigenvalue weighted by molar-refractivity contribution is 0.739. The third kappa shape index (κ3) is 2.97. The van der Waals surface area contributed by atoms with Crippen LogP contribution in [0.5, 0.6) is 0 Å². The van der Waals surface area contributed by atoms with E-state index in [9.17, 15) is 0 Å². The van der Waals surface area contributed by atoms with Crippen molar-refractivity contribution in [3.8, 4) is 5.69 Å². The number of para-hydroxylation sites is 1. The minimum atomic E-state index is -0.276. The molecule has 0 radical (unpaired) electrons. The van der Waals surface area contributed by atoms with Crippen LogP contribution >= 0.6 is 34.2 Å². The van der Waals surface area contributed by atoms with Gasteiger partial charge in [-0.3, -0.25) is 0 Å². The highest BCUT2D eigenvalue weighted by atomic mass is 127. The Balaban J connectivity index is 2.01. The number of nitrogens with zero attached hydrogens (tertiary/aromatic N) is 2. The topological polar surface area (TPSA) is 43.8 Å². The van der Waals surface area contributed by atoms with Gasteiger partial charge in [-0.2, -0.15) is 5.10 Å². The van der Waals surface area contributed by atoms with Crippen LogP contribution in [-0.2, 0) is 0 Å². The fourth-order valence-corrected chi connectivity index (χ4v) is 2.74. The smallest absolute Gasteiger partial charge is 0.0728 e. The molecular weight excluding hydrogens is 397 g/mol. The molecule has 1 heterocycles. The van der Waals surface area contributed by atoms with E-state index in [1.165, 1.54) is 0 Å². The predicted molar refractivity (Wildman–Crippen MR) is 93.8 cm³/mol. The van der Waals surface area contributed by atoms with Crippen molar-refractivity contribution < 1.29 is 0 Å². The van der Waals surface area contributed by atoms with Gasteiger partial charge in [-0.25, -0.2) is 4.68 Å². The lowest BCUT2D eigenvalue weighted by Crippen LogP contribution is -2.16. The molecule has 3 aromatic rings. The number of hydrogen-bond acceptors (Lipinski definition) is 2. The van der Waals surface area contributed by atoms with Crippen molar-refractivity contribution in [2.45, 2.75) is 6.04 Å². The van der Waals surface area contributed by atoms with Gasteiger partial charge in [-0.1, -0.05) is 35.9 Å². The van der Waals surface area contributed by atoms with E-state index in [1.54, 1.807) is 6.20 Å². The molecule has 0 aliphatic carbocycles. The first-order valence-electron chi connectivity index (χ1n) is 6.46. The summed E-state index contributed by atoms with van der Waals surface area (Å²) in [7, 11) is 0. The van der Waals surface area contributed by atoms with E-state index in [0.29, 0.717) is 5.02 Å². The molecule has 3 rings (SSSR count). The molecular formula is C16H13ClIN3. The summed E-state index contributed by atoms with van der Waals surface area (Å²) in [5.74, 6) is 0. The molecule has 1 aromatic heterocycles. The molecule has 3 nitrogen and oxygen atoms in total. The van der Waals surface area contributed by atoms with Crippen LogP contribution in [0.15, 0.2) is 60.8 Å². The second-order valence-electron chi connectivity index (χ2n) is 4.65. The maximum atomic E-state index is 6.40. The Morgan fingerprint density at radius 1 is 1.10 bits per heavy atom. The van der Waals surface area contributed by atoms with Gasteiger partial charge in [-0.15, -0.1) is 0 Å². The molecule has 5 heteroatoms. The van der Waals surface area contributed by atoms with Gasteiger partial charge in [0.05, 0.1) is 22.4 Å². The SMILES string of the molecule is NC(c1ccc(I)c(Cl)c1)c1ccnn1-c1ccccc1. The van der Waals surface area contributed by atoms with Gasteiger partial charge in [0.1, 0.15) is 0 Å². The Morgan fingerprint density at radius 2 is 1.86 bits per heavy atom. The standard InChI is InChI=1S/C16H13ClIN3/c17-13-10-11(6-7-14(13)18)16(19)15-8-9-20-21(15)12-4-2-1-3-5-12/h1-10,16H,19H2. The number of hydrogen-bond donors (Lipinski definition) is 1. The summed E-state index contributed by atoms with van der Waals surface area (Å²) >= 11 is 8.39. The molecule has 0 amide bonds. The molecule has 2 aromatic carbocycles. The summed E-state index contributed by atoms with van der Waals surface area (Å²) < 4.78 is 2.87. The Labute approximate surface area is 141 Å². The normalized spacial score (nSPS) is 12.3. The second kappa shape index (κ2) is 6.17. The molecule has 0 saturated carbocycles. The van der Waals surface area contributed by atoms with E-state index >= 15 is 0 Å². The quantitative estimate of drug-likeness (QED) is 0.660. The van der Waals surface area contributed by atoms with Crippen LogP contribution in [0.4, 0.5) is 0 Å². The summed E-state index contributed by atoms with van der Waals surface area (Å²) in [6.45, 7) is 0. The van der Waals surface area contributed by atoms with E-state index in [-0.39, 0.29) is 6.04 Å². The van der Waals surface area contributed by atoms with Gasteiger partial charge < -0.3 is 5.73 Å². The molecule has 21 heavy (non-hydrogen) atoms.